The largest absolute Gasteiger partial charge is 0.324 e. The van der Waals surface area contributed by atoms with Crippen LogP contribution in [0.15, 0.2) is 42.5 Å². The smallest absolute Gasteiger partial charge is 0.248 e. The molecule has 0 unspecified atom stereocenters. The maximum absolute atomic E-state index is 12.7. The van der Waals surface area contributed by atoms with Gasteiger partial charge in [0.1, 0.15) is 6.04 Å². The van der Waals surface area contributed by atoms with Crippen LogP contribution in [0.2, 0.25) is 0 Å². The predicted molar refractivity (Wildman–Crippen MR) is 93.3 cm³/mol. The molecule has 2 saturated heterocycles. The summed E-state index contributed by atoms with van der Waals surface area (Å²) in [7, 11) is 0. The van der Waals surface area contributed by atoms with Crippen molar-refractivity contribution in [1.82, 2.24) is 4.90 Å². The van der Waals surface area contributed by atoms with Gasteiger partial charge in [-0.05, 0) is 36.2 Å². The molecule has 4 rings (SSSR count). The summed E-state index contributed by atoms with van der Waals surface area (Å²) in [6.07, 6.45) is 1.37. The van der Waals surface area contributed by atoms with Gasteiger partial charge < -0.3 is 10.2 Å². The maximum atomic E-state index is 12.7. The molecule has 2 heterocycles. The molecule has 0 aromatic heterocycles. The van der Waals surface area contributed by atoms with E-state index in [1.807, 2.05) is 42.5 Å². The number of nitrogens with zero attached hydrogens (tertiary/aromatic N) is 1. The molecular weight excluding hydrogens is 308 g/mol. The third kappa shape index (κ3) is 2.39. The fourth-order valence-electron chi connectivity index (χ4n) is 3.51. The van der Waals surface area contributed by atoms with Gasteiger partial charge in [0.05, 0.1) is 4.87 Å². The van der Waals surface area contributed by atoms with Crippen LogP contribution in [0.4, 0.5) is 5.69 Å². The van der Waals surface area contributed by atoms with Crippen molar-refractivity contribution in [1.29, 1.82) is 0 Å². The molecule has 0 spiro atoms. The molecule has 5 heteroatoms. The van der Waals surface area contributed by atoms with Crippen LogP contribution in [0.25, 0.3) is 10.8 Å². The lowest BCUT2D eigenvalue weighted by atomic mass is 10.1. The number of hydrogen-bond donors (Lipinski definition) is 1. The molecule has 118 valence electrons. The monoisotopic (exact) mass is 326 g/mol. The summed E-state index contributed by atoms with van der Waals surface area (Å²) in [6, 6.07) is 13.6. The van der Waals surface area contributed by atoms with E-state index >= 15 is 0 Å². The van der Waals surface area contributed by atoms with Gasteiger partial charge in [0.25, 0.3) is 0 Å². The van der Waals surface area contributed by atoms with Crippen molar-refractivity contribution in [2.45, 2.75) is 30.7 Å². The van der Waals surface area contributed by atoms with Gasteiger partial charge in [-0.15, -0.1) is 11.8 Å². The molecule has 2 aliphatic heterocycles. The quantitative estimate of drug-likeness (QED) is 0.922. The lowest BCUT2D eigenvalue weighted by molar-refractivity contribution is -0.135. The number of benzene rings is 2. The first-order valence-corrected chi connectivity index (χ1v) is 8.81. The first-order valence-electron chi connectivity index (χ1n) is 7.83. The highest BCUT2D eigenvalue weighted by molar-refractivity contribution is 8.01. The standard InChI is InChI=1S/C18H18N2O2S/c1-18-9-8-16(21)20(18)15(11-23-18)17(22)19-14-7-6-12-4-2-3-5-13(12)10-14/h2-7,10,15H,8-9,11H2,1H3,(H,19,22)/t15-,18+/m0/s1. The number of rotatable bonds is 2. The first-order chi connectivity index (χ1) is 11.1. The molecule has 0 radical (unpaired) electrons. The summed E-state index contributed by atoms with van der Waals surface area (Å²) in [6.45, 7) is 2.06. The second-order valence-electron chi connectivity index (χ2n) is 6.32. The summed E-state index contributed by atoms with van der Waals surface area (Å²) in [5.41, 5.74) is 0.777. The molecule has 23 heavy (non-hydrogen) atoms. The summed E-state index contributed by atoms with van der Waals surface area (Å²) in [5.74, 6) is 0.671. The van der Waals surface area contributed by atoms with Gasteiger partial charge in [-0.1, -0.05) is 30.3 Å². The normalized spacial score (nSPS) is 26.6. The highest BCUT2D eigenvalue weighted by atomic mass is 32.2. The first kappa shape index (κ1) is 14.6. The number of hydrogen-bond acceptors (Lipinski definition) is 3. The molecular formula is C18H18N2O2S. The van der Waals surface area contributed by atoms with Crippen LogP contribution < -0.4 is 5.32 Å². The molecule has 4 nitrogen and oxygen atoms in total. The van der Waals surface area contributed by atoms with E-state index in [0.29, 0.717) is 12.2 Å². The summed E-state index contributed by atoms with van der Waals surface area (Å²) in [5, 5.41) is 5.21. The maximum Gasteiger partial charge on any atom is 0.248 e. The lowest BCUT2D eigenvalue weighted by Crippen LogP contribution is -2.48. The van der Waals surface area contributed by atoms with Crippen LogP contribution in [0, 0.1) is 0 Å². The van der Waals surface area contributed by atoms with Crippen LogP contribution in [0.3, 0.4) is 0 Å². The number of nitrogens with one attached hydrogen (secondary N) is 1. The van der Waals surface area contributed by atoms with E-state index in [1.54, 1.807) is 16.7 Å². The molecule has 2 fully saturated rings. The van der Waals surface area contributed by atoms with Gasteiger partial charge in [0.15, 0.2) is 0 Å². The van der Waals surface area contributed by atoms with Crippen LogP contribution in [0.5, 0.6) is 0 Å². The molecule has 2 atom stereocenters. The summed E-state index contributed by atoms with van der Waals surface area (Å²) in [4.78, 5) is 26.4. The van der Waals surface area contributed by atoms with Crippen LogP contribution in [-0.4, -0.2) is 33.4 Å². The third-order valence-corrected chi connectivity index (χ3v) is 6.27. The second-order valence-corrected chi connectivity index (χ2v) is 7.82. The second kappa shape index (κ2) is 5.27. The van der Waals surface area contributed by atoms with Gasteiger partial charge in [-0.2, -0.15) is 0 Å². The molecule has 0 bridgehead atoms. The topological polar surface area (TPSA) is 49.4 Å². The minimum absolute atomic E-state index is 0.0910. The van der Waals surface area contributed by atoms with Gasteiger partial charge >= 0.3 is 0 Å². The third-order valence-electron chi connectivity index (χ3n) is 4.76. The number of anilines is 1. The Bertz CT molecular complexity index is 806. The fraction of sp³-hybridized carbons (Fsp3) is 0.333. The Morgan fingerprint density at radius 3 is 2.87 bits per heavy atom. The highest BCUT2D eigenvalue weighted by Crippen LogP contribution is 2.47. The Hall–Kier alpha value is -2.01. The number of thioether (sulfide) groups is 1. The minimum atomic E-state index is -0.369. The van der Waals surface area contributed by atoms with E-state index < -0.39 is 0 Å². The molecule has 0 saturated carbocycles. The average Bonchev–Trinajstić information content (AvgIpc) is 3.04. The van der Waals surface area contributed by atoms with Gasteiger partial charge in [-0.25, -0.2) is 0 Å². The van der Waals surface area contributed by atoms with Crippen molar-refractivity contribution in [2.75, 3.05) is 11.1 Å². The molecule has 0 aliphatic carbocycles. The average molecular weight is 326 g/mol. The van der Waals surface area contributed by atoms with Crippen molar-refractivity contribution >= 4 is 40.0 Å². The zero-order valence-electron chi connectivity index (χ0n) is 12.9. The molecule has 2 aromatic rings. The van der Waals surface area contributed by atoms with Gasteiger partial charge in [-0.3, -0.25) is 9.59 Å². The Balaban J connectivity index is 1.56. The number of amides is 2. The van der Waals surface area contributed by atoms with Crippen molar-refractivity contribution in [3.05, 3.63) is 42.5 Å². The highest BCUT2D eigenvalue weighted by Gasteiger charge is 2.52. The number of fused-ring (bicyclic) bond motifs is 2. The van der Waals surface area contributed by atoms with E-state index in [9.17, 15) is 9.59 Å². The molecule has 2 aromatic carbocycles. The van der Waals surface area contributed by atoms with Crippen LogP contribution >= 0.6 is 11.8 Å². The fourth-order valence-corrected chi connectivity index (χ4v) is 4.94. The zero-order valence-corrected chi connectivity index (χ0v) is 13.7. The van der Waals surface area contributed by atoms with Crippen molar-refractivity contribution < 1.29 is 9.59 Å². The predicted octanol–water partition coefficient (Wildman–Crippen LogP) is 3.23. The van der Waals surface area contributed by atoms with Crippen LogP contribution in [0.1, 0.15) is 19.8 Å². The molecule has 1 N–H and O–H groups in total. The van der Waals surface area contributed by atoms with Crippen molar-refractivity contribution in [3.8, 4) is 0 Å². The van der Waals surface area contributed by atoms with Crippen molar-refractivity contribution in [3.63, 3.8) is 0 Å². The Kier molecular flexibility index (Phi) is 3.34. The Labute approximate surface area is 139 Å². The Morgan fingerprint density at radius 1 is 1.26 bits per heavy atom. The van der Waals surface area contributed by atoms with E-state index in [2.05, 4.69) is 12.2 Å². The van der Waals surface area contributed by atoms with Crippen LogP contribution in [-0.2, 0) is 9.59 Å². The Morgan fingerprint density at radius 2 is 2.04 bits per heavy atom. The minimum Gasteiger partial charge on any atom is -0.324 e. The lowest BCUT2D eigenvalue weighted by Gasteiger charge is -2.29. The zero-order chi connectivity index (χ0) is 16.0. The van der Waals surface area contributed by atoms with Gasteiger partial charge in [0, 0.05) is 17.9 Å². The van der Waals surface area contributed by atoms with Gasteiger partial charge in [0.2, 0.25) is 11.8 Å². The molecule has 2 amide bonds. The van der Waals surface area contributed by atoms with E-state index in [-0.39, 0.29) is 22.7 Å². The summed E-state index contributed by atoms with van der Waals surface area (Å²) < 4.78 is 0. The van der Waals surface area contributed by atoms with E-state index in [0.717, 1.165) is 22.9 Å². The number of carbonyl (C=O) groups is 2. The van der Waals surface area contributed by atoms with Crippen molar-refractivity contribution in [2.24, 2.45) is 0 Å². The number of carbonyl (C=O) groups excluding carboxylic acids is 2. The molecule has 2 aliphatic rings. The van der Waals surface area contributed by atoms with E-state index in [1.165, 1.54) is 0 Å². The SMILES string of the molecule is C[C@@]12CCC(=O)N1[C@H](C(=O)Nc1ccc3ccccc3c1)CS2. The van der Waals surface area contributed by atoms with E-state index in [4.69, 9.17) is 0 Å². The summed E-state index contributed by atoms with van der Waals surface area (Å²) >= 11 is 1.71.